The van der Waals surface area contributed by atoms with Crippen LogP contribution >= 0.6 is 11.8 Å². The van der Waals surface area contributed by atoms with Gasteiger partial charge in [-0.15, -0.1) is 0 Å². The predicted octanol–water partition coefficient (Wildman–Crippen LogP) is 3.00. The third-order valence-corrected chi connectivity index (χ3v) is 3.80. The standard InChI is InChI=1S/C12H10F3N5S/c1-20-10(16-6-17-20)5-21-11-18-8-3-2-7(12(13,14)15)4-9(8)19-11/h2-4,6H,5H2,1H3,(H,18,19). The number of alkyl halides is 3. The van der Waals surface area contributed by atoms with Crippen molar-refractivity contribution in [3.8, 4) is 0 Å². The van der Waals surface area contributed by atoms with Gasteiger partial charge in [-0.1, -0.05) is 11.8 Å². The molecule has 9 heteroatoms. The molecule has 0 spiro atoms. The highest BCUT2D eigenvalue weighted by molar-refractivity contribution is 7.98. The summed E-state index contributed by atoms with van der Waals surface area (Å²) in [4.78, 5) is 11.2. The third kappa shape index (κ3) is 2.87. The first kappa shape index (κ1) is 13.9. The van der Waals surface area contributed by atoms with Crippen LogP contribution in [0.3, 0.4) is 0 Å². The molecule has 0 atom stereocenters. The van der Waals surface area contributed by atoms with Gasteiger partial charge in [0.05, 0.1) is 22.3 Å². The Labute approximate surface area is 121 Å². The number of hydrogen-bond donors (Lipinski definition) is 1. The van der Waals surface area contributed by atoms with E-state index >= 15 is 0 Å². The Kier molecular flexibility index (Phi) is 3.36. The van der Waals surface area contributed by atoms with Gasteiger partial charge >= 0.3 is 6.18 Å². The molecule has 2 aromatic heterocycles. The molecule has 1 N–H and O–H groups in total. The van der Waals surface area contributed by atoms with Gasteiger partial charge < -0.3 is 4.98 Å². The van der Waals surface area contributed by atoms with Crippen molar-refractivity contribution in [1.82, 2.24) is 24.7 Å². The molecule has 0 radical (unpaired) electrons. The molecule has 0 unspecified atom stereocenters. The van der Waals surface area contributed by atoms with Gasteiger partial charge in [-0.05, 0) is 18.2 Å². The number of nitrogens with zero attached hydrogens (tertiary/aromatic N) is 4. The van der Waals surface area contributed by atoms with Crippen LogP contribution in [0.2, 0.25) is 0 Å². The van der Waals surface area contributed by atoms with E-state index in [0.717, 1.165) is 18.0 Å². The number of fused-ring (bicyclic) bond motifs is 1. The summed E-state index contributed by atoms with van der Waals surface area (Å²) in [7, 11) is 1.77. The first-order valence-corrected chi connectivity index (χ1v) is 6.94. The Balaban J connectivity index is 1.82. The van der Waals surface area contributed by atoms with E-state index in [0.29, 0.717) is 21.9 Å². The van der Waals surface area contributed by atoms with Crippen molar-refractivity contribution in [2.24, 2.45) is 7.05 Å². The lowest BCUT2D eigenvalue weighted by Gasteiger charge is -2.05. The van der Waals surface area contributed by atoms with Crippen molar-refractivity contribution >= 4 is 22.8 Å². The Morgan fingerprint density at radius 3 is 2.81 bits per heavy atom. The highest BCUT2D eigenvalue weighted by atomic mass is 32.2. The maximum absolute atomic E-state index is 12.6. The number of hydrogen-bond acceptors (Lipinski definition) is 4. The molecule has 0 aliphatic carbocycles. The molecular weight excluding hydrogens is 303 g/mol. The van der Waals surface area contributed by atoms with E-state index in [9.17, 15) is 13.2 Å². The predicted molar refractivity (Wildman–Crippen MR) is 71.7 cm³/mol. The number of imidazole rings is 1. The summed E-state index contributed by atoms with van der Waals surface area (Å²) in [6.45, 7) is 0. The van der Waals surface area contributed by atoms with Gasteiger partial charge in [-0.25, -0.2) is 9.97 Å². The first-order chi connectivity index (χ1) is 9.93. The van der Waals surface area contributed by atoms with Crippen molar-refractivity contribution in [2.45, 2.75) is 17.1 Å². The maximum Gasteiger partial charge on any atom is 0.416 e. The van der Waals surface area contributed by atoms with Gasteiger partial charge in [0, 0.05) is 7.05 Å². The lowest BCUT2D eigenvalue weighted by Crippen LogP contribution is -2.04. The van der Waals surface area contributed by atoms with Gasteiger partial charge in [-0.3, -0.25) is 4.68 Å². The Bertz CT molecular complexity index is 777. The first-order valence-electron chi connectivity index (χ1n) is 5.96. The molecule has 0 saturated carbocycles. The lowest BCUT2D eigenvalue weighted by molar-refractivity contribution is -0.137. The van der Waals surface area contributed by atoms with Crippen LogP contribution in [0.4, 0.5) is 13.2 Å². The molecule has 0 aliphatic heterocycles. The van der Waals surface area contributed by atoms with E-state index in [1.165, 1.54) is 24.2 Å². The van der Waals surface area contributed by atoms with Crippen LogP contribution in [0.15, 0.2) is 29.7 Å². The van der Waals surface area contributed by atoms with Crippen LogP contribution in [0.5, 0.6) is 0 Å². The van der Waals surface area contributed by atoms with Gasteiger partial charge in [0.1, 0.15) is 12.2 Å². The lowest BCUT2D eigenvalue weighted by atomic mass is 10.2. The largest absolute Gasteiger partial charge is 0.416 e. The Morgan fingerprint density at radius 2 is 2.14 bits per heavy atom. The van der Waals surface area contributed by atoms with Crippen LogP contribution in [0, 0.1) is 0 Å². The molecule has 3 rings (SSSR count). The number of benzene rings is 1. The summed E-state index contributed by atoms with van der Waals surface area (Å²) in [5.41, 5.74) is 0.178. The third-order valence-electron chi connectivity index (χ3n) is 2.93. The number of rotatable bonds is 3. The molecule has 2 heterocycles. The van der Waals surface area contributed by atoms with Crippen LogP contribution in [-0.4, -0.2) is 24.7 Å². The van der Waals surface area contributed by atoms with Gasteiger partial charge in [0.2, 0.25) is 0 Å². The smallest absolute Gasteiger partial charge is 0.333 e. The monoisotopic (exact) mass is 313 g/mol. The fourth-order valence-electron chi connectivity index (χ4n) is 1.81. The van der Waals surface area contributed by atoms with Crippen molar-refractivity contribution in [2.75, 3.05) is 0 Å². The zero-order valence-electron chi connectivity index (χ0n) is 10.8. The number of aryl methyl sites for hydroxylation is 1. The van der Waals surface area contributed by atoms with Crippen molar-refractivity contribution in [3.05, 3.63) is 35.9 Å². The SMILES string of the molecule is Cn1ncnc1CSc1nc2ccc(C(F)(F)F)cc2[nH]1. The second-order valence-electron chi connectivity index (χ2n) is 4.36. The summed E-state index contributed by atoms with van der Waals surface area (Å²) < 4.78 is 39.6. The fourth-order valence-corrected chi connectivity index (χ4v) is 2.69. The molecule has 110 valence electrons. The normalized spacial score (nSPS) is 12.2. The molecule has 0 fully saturated rings. The molecule has 0 amide bonds. The quantitative estimate of drug-likeness (QED) is 0.755. The average molecular weight is 313 g/mol. The van der Waals surface area contributed by atoms with E-state index < -0.39 is 11.7 Å². The second-order valence-corrected chi connectivity index (χ2v) is 5.32. The van der Waals surface area contributed by atoms with Crippen LogP contribution in [-0.2, 0) is 19.0 Å². The van der Waals surface area contributed by atoms with E-state index in [-0.39, 0.29) is 0 Å². The molecule has 0 aliphatic rings. The van der Waals surface area contributed by atoms with Crippen molar-refractivity contribution < 1.29 is 13.2 Å². The summed E-state index contributed by atoms with van der Waals surface area (Å²) in [6.07, 6.45) is -2.91. The zero-order chi connectivity index (χ0) is 15.0. The molecular formula is C12H10F3N5S. The number of aromatic amines is 1. The van der Waals surface area contributed by atoms with E-state index in [4.69, 9.17) is 0 Å². The summed E-state index contributed by atoms with van der Waals surface area (Å²) in [6, 6.07) is 3.45. The van der Waals surface area contributed by atoms with Gasteiger partial charge in [-0.2, -0.15) is 18.3 Å². The molecule has 5 nitrogen and oxygen atoms in total. The summed E-state index contributed by atoms with van der Waals surface area (Å²) in [5, 5.41) is 4.50. The van der Waals surface area contributed by atoms with Crippen molar-refractivity contribution in [3.63, 3.8) is 0 Å². The van der Waals surface area contributed by atoms with E-state index in [2.05, 4.69) is 20.1 Å². The topological polar surface area (TPSA) is 59.4 Å². The molecule has 3 aromatic rings. The highest BCUT2D eigenvalue weighted by Gasteiger charge is 2.30. The summed E-state index contributed by atoms with van der Waals surface area (Å²) >= 11 is 1.36. The Hall–Kier alpha value is -2.03. The minimum atomic E-state index is -4.36. The highest BCUT2D eigenvalue weighted by Crippen LogP contribution is 2.31. The van der Waals surface area contributed by atoms with Crippen LogP contribution in [0.25, 0.3) is 11.0 Å². The van der Waals surface area contributed by atoms with Crippen LogP contribution in [0.1, 0.15) is 11.4 Å². The maximum atomic E-state index is 12.6. The number of halogens is 3. The zero-order valence-corrected chi connectivity index (χ0v) is 11.7. The number of H-pyrrole nitrogens is 1. The number of thioether (sulfide) groups is 1. The second kappa shape index (κ2) is 5.06. The number of nitrogens with one attached hydrogen (secondary N) is 1. The molecule has 1 aromatic carbocycles. The molecule has 21 heavy (non-hydrogen) atoms. The average Bonchev–Trinajstić information content (AvgIpc) is 2.99. The molecule has 0 bridgehead atoms. The Morgan fingerprint density at radius 1 is 1.33 bits per heavy atom. The van der Waals surface area contributed by atoms with E-state index in [1.54, 1.807) is 11.7 Å². The van der Waals surface area contributed by atoms with Gasteiger partial charge in [0.15, 0.2) is 5.16 Å². The number of aromatic nitrogens is 5. The van der Waals surface area contributed by atoms with E-state index in [1.807, 2.05) is 0 Å². The fraction of sp³-hybridized carbons (Fsp3) is 0.250. The minimum Gasteiger partial charge on any atom is -0.333 e. The summed E-state index contributed by atoms with van der Waals surface area (Å²) in [5.74, 6) is 1.29. The van der Waals surface area contributed by atoms with Gasteiger partial charge in [0.25, 0.3) is 0 Å². The molecule has 0 saturated heterocycles. The minimum absolute atomic E-state index is 0.366. The van der Waals surface area contributed by atoms with Crippen molar-refractivity contribution in [1.29, 1.82) is 0 Å². The van der Waals surface area contributed by atoms with Crippen LogP contribution < -0.4 is 0 Å².